The van der Waals surface area contributed by atoms with E-state index in [1.807, 2.05) is 6.07 Å². The van der Waals surface area contributed by atoms with E-state index in [0.717, 1.165) is 28.2 Å². The van der Waals surface area contributed by atoms with Gasteiger partial charge in [0.1, 0.15) is 0 Å². The van der Waals surface area contributed by atoms with Crippen LogP contribution in [0.25, 0.3) is 0 Å². The van der Waals surface area contributed by atoms with Crippen molar-refractivity contribution in [3.8, 4) is 0 Å². The average molecular weight is 297 g/mol. The van der Waals surface area contributed by atoms with E-state index in [1.165, 1.54) is 4.88 Å². The average Bonchev–Trinajstić information content (AvgIpc) is 2.48. The molecule has 0 aliphatic carbocycles. The minimum atomic E-state index is 0.448. The van der Waals surface area contributed by atoms with Gasteiger partial charge in [-0.25, -0.2) is 0 Å². The SMILES string of the molecule is CCCNC(CC)c1cc(Cl)c(Br)s1. The Morgan fingerprint density at radius 1 is 1.57 bits per heavy atom. The second-order valence-electron chi connectivity index (χ2n) is 3.19. The van der Waals surface area contributed by atoms with Crippen LogP contribution in [0.2, 0.25) is 5.02 Å². The highest BCUT2D eigenvalue weighted by molar-refractivity contribution is 9.11. The first-order chi connectivity index (χ1) is 6.69. The first-order valence-corrected chi connectivity index (χ1v) is 6.85. The van der Waals surface area contributed by atoms with Gasteiger partial charge in [0.25, 0.3) is 0 Å². The molecule has 0 aromatic carbocycles. The van der Waals surface area contributed by atoms with Crippen molar-refractivity contribution in [2.75, 3.05) is 6.54 Å². The minimum Gasteiger partial charge on any atom is -0.309 e. The molecular formula is C10H15BrClNS. The van der Waals surface area contributed by atoms with Gasteiger partial charge in [-0.05, 0) is 41.4 Å². The number of thiophene rings is 1. The number of hydrogen-bond acceptors (Lipinski definition) is 2. The van der Waals surface area contributed by atoms with E-state index in [2.05, 4.69) is 35.1 Å². The highest BCUT2D eigenvalue weighted by atomic mass is 79.9. The number of halogens is 2. The monoisotopic (exact) mass is 295 g/mol. The van der Waals surface area contributed by atoms with Gasteiger partial charge >= 0.3 is 0 Å². The summed E-state index contributed by atoms with van der Waals surface area (Å²) < 4.78 is 1.03. The fraction of sp³-hybridized carbons (Fsp3) is 0.600. The van der Waals surface area contributed by atoms with E-state index in [1.54, 1.807) is 11.3 Å². The lowest BCUT2D eigenvalue weighted by Gasteiger charge is -2.14. The van der Waals surface area contributed by atoms with Crippen LogP contribution in [0, 0.1) is 0 Å². The molecule has 0 fully saturated rings. The summed E-state index contributed by atoms with van der Waals surface area (Å²) in [5.41, 5.74) is 0. The topological polar surface area (TPSA) is 12.0 Å². The van der Waals surface area contributed by atoms with Gasteiger partial charge in [0.15, 0.2) is 0 Å². The zero-order chi connectivity index (χ0) is 10.6. The summed E-state index contributed by atoms with van der Waals surface area (Å²) in [6, 6.07) is 2.50. The van der Waals surface area contributed by atoms with Gasteiger partial charge in [-0.1, -0.05) is 25.4 Å². The maximum absolute atomic E-state index is 6.00. The number of rotatable bonds is 5. The molecule has 4 heteroatoms. The normalized spacial score (nSPS) is 13.1. The molecule has 0 aliphatic heterocycles. The standard InChI is InChI=1S/C10H15BrClNS/c1-3-5-13-8(4-2)9-6-7(12)10(11)14-9/h6,8,13H,3-5H2,1-2H3. The van der Waals surface area contributed by atoms with E-state index in [0.29, 0.717) is 6.04 Å². The smallest absolute Gasteiger partial charge is 0.0887 e. The fourth-order valence-corrected chi connectivity index (χ4v) is 3.21. The van der Waals surface area contributed by atoms with E-state index in [-0.39, 0.29) is 0 Å². The van der Waals surface area contributed by atoms with Crippen LogP contribution in [-0.4, -0.2) is 6.54 Å². The van der Waals surface area contributed by atoms with Gasteiger partial charge in [0, 0.05) is 10.9 Å². The summed E-state index contributed by atoms with van der Waals surface area (Å²) in [6.07, 6.45) is 2.26. The minimum absolute atomic E-state index is 0.448. The van der Waals surface area contributed by atoms with Crippen LogP contribution in [0.4, 0.5) is 0 Å². The summed E-state index contributed by atoms with van der Waals surface area (Å²) in [5, 5.41) is 4.33. The largest absolute Gasteiger partial charge is 0.309 e. The molecule has 1 aromatic heterocycles. The van der Waals surface area contributed by atoms with E-state index < -0.39 is 0 Å². The van der Waals surface area contributed by atoms with Gasteiger partial charge in [-0.2, -0.15) is 0 Å². The molecule has 1 heterocycles. The Morgan fingerprint density at radius 3 is 2.71 bits per heavy atom. The molecular weight excluding hydrogens is 282 g/mol. The zero-order valence-corrected chi connectivity index (χ0v) is 11.6. The predicted molar refractivity (Wildman–Crippen MR) is 68.4 cm³/mol. The lowest BCUT2D eigenvalue weighted by molar-refractivity contribution is 0.525. The van der Waals surface area contributed by atoms with Crippen LogP contribution in [0.15, 0.2) is 9.85 Å². The molecule has 0 saturated heterocycles. The van der Waals surface area contributed by atoms with Crippen molar-refractivity contribution in [3.63, 3.8) is 0 Å². The third-order valence-electron chi connectivity index (χ3n) is 2.06. The Bertz CT molecular complexity index is 268. The van der Waals surface area contributed by atoms with Crippen molar-refractivity contribution in [1.82, 2.24) is 5.32 Å². The molecule has 0 amide bonds. The van der Waals surface area contributed by atoms with E-state index in [9.17, 15) is 0 Å². The Morgan fingerprint density at radius 2 is 2.29 bits per heavy atom. The van der Waals surface area contributed by atoms with Crippen molar-refractivity contribution in [1.29, 1.82) is 0 Å². The molecule has 1 atom stereocenters. The van der Waals surface area contributed by atoms with E-state index >= 15 is 0 Å². The number of hydrogen-bond donors (Lipinski definition) is 1. The first kappa shape index (κ1) is 12.5. The van der Waals surface area contributed by atoms with E-state index in [4.69, 9.17) is 11.6 Å². The lowest BCUT2D eigenvalue weighted by atomic mass is 10.2. The Balaban J connectivity index is 2.68. The zero-order valence-electron chi connectivity index (χ0n) is 8.44. The fourth-order valence-electron chi connectivity index (χ4n) is 1.30. The van der Waals surface area contributed by atoms with Gasteiger partial charge in [0.05, 0.1) is 8.81 Å². The predicted octanol–water partition coefficient (Wildman–Crippen LogP) is 4.61. The van der Waals surface area contributed by atoms with Crippen LogP contribution in [0.1, 0.15) is 37.6 Å². The van der Waals surface area contributed by atoms with Crippen LogP contribution < -0.4 is 5.32 Å². The van der Waals surface area contributed by atoms with Crippen molar-refractivity contribution < 1.29 is 0 Å². The summed E-state index contributed by atoms with van der Waals surface area (Å²) in [4.78, 5) is 1.32. The molecule has 80 valence electrons. The molecule has 1 aromatic rings. The molecule has 14 heavy (non-hydrogen) atoms. The van der Waals surface area contributed by atoms with Gasteiger partial charge in [0.2, 0.25) is 0 Å². The van der Waals surface area contributed by atoms with Crippen molar-refractivity contribution in [3.05, 3.63) is 19.8 Å². The van der Waals surface area contributed by atoms with Gasteiger partial charge in [-0.3, -0.25) is 0 Å². The van der Waals surface area contributed by atoms with Gasteiger partial charge in [-0.15, -0.1) is 11.3 Å². The van der Waals surface area contributed by atoms with Crippen LogP contribution >= 0.6 is 38.9 Å². The second-order valence-corrected chi connectivity index (χ2v) is 5.99. The van der Waals surface area contributed by atoms with Crippen molar-refractivity contribution in [2.24, 2.45) is 0 Å². The Kier molecular flexibility index (Phi) is 5.45. The maximum Gasteiger partial charge on any atom is 0.0887 e. The molecule has 1 N–H and O–H groups in total. The lowest BCUT2D eigenvalue weighted by Crippen LogP contribution is -2.20. The van der Waals surface area contributed by atoms with Crippen molar-refractivity contribution in [2.45, 2.75) is 32.7 Å². The van der Waals surface area contributed by atoms with Gasteiger partial charge < -0.3 is 5.32 Å². The highest BCUT2D eigenvalue weighted by Crippen LogP contribution is 2.36. The molecule has 1 rings (SSSR count). The molecule has 1 nitrogen and oxygen atoms in total. The van der Waals surface area contributed by atoms with Crippen molar-refractivity contribution >= 4 is 38.9 Å². The Hall–Kier alpha value is 0.430. The highest BCUT2D eigenvalue weighted by Gasteiger charge is 2.13. The Labute approximate surface area is 103 Å². The summed E-state index contributed by atoms with van der Waals surface area (Å²) in [6.45, 7) is 5.43. The molecule has 0 bridgehead atoms. The van der Waals surface area contributed by atoms with Crippen LogP contribution in [0.5, 0.6) is 0 Å². The maximum atomic E-state index is 6.00. The molecule has 1 unspecified atom stereocenters. The third kappa shape index (κ3) is 3.23. The molecule has 0 aliphatic rings. The summed E-state index contributed by atoms with van der Waals surface area (Å²) in [7, 11) is 0. The first-order valence-electron chi connectivity index (χ1n) is 4.87. The number of nitrogens with one attached hydrogen (secondary N) is 1. The summed E-state index contributed by atoms with van der Waals surface area (Å²) in [5.74, 6) is 0. The quantitative estimate of drug-likeness (QED) is 0.836. The summed E-state index contributed by atoms with van der Waals surface area (Å²) >= 11 is 11.2. The molecule has 0 saturated carbocycles. The van der Waals surface area contributed by atoms with Crippen LogP contribution in [-0.2, 0) is 0 Å². The third-order valence-corrected chi connectivity index (χ3v) is 4.65. The molecule has 0 spiro atoms. The second kappa shape index (κ2) is 6.11. The van der Waals surface area contributed by atoms with Crippen LogP contribution in [0.3, 0.4) is 0 Å². The molecule has 0 radical (unpaired) electrons.